The molecule has 1 amide bonds. The van der Waals surface area contributed by atoms with Crippen LogP contribution in [-0.2, 0) is 9.53 Å². The Kier molecular flexibility index (Phi) is 4.40. The van der Waals surface area contributed by atoms with Gasteiger partial charge in [0.2, 0.25) is 5.91 Å². The van der Waals surface area contributed by atoms with E-state index < -0.39 is 0 Å². The normalized spacial score (nSPS) is 29.0. The predicted octanol–water partition coefficient (Wildman–Crippen LogP) is 1.06. The molecule has 2 rings (SSSR count). The molecule has 2 aliphatic rings. The van der Waals surface area contributed by atoms with Crippen molar-refractivity contribution < 1.29 is 9.53 Å². The van der Waals surface area contributed by atoms with Gasteiger partial charge >= 0.3 is 0 Å². The summed E-state index contributed by atoms with van der Waals surface area (Å²) in [6.07, 6.45) is 5.25. The van der Waals surface area contributed by atoms with Crippen LogP contribution in [0, 0.1) is 5.92 Å². The van der Waals surface area contributed by atoms with Gasteiger partial charge in [-0.2, -0.15) is 0 Å². The fourth-order valence-electron chi connectivity index (χ4n) is 2.44. The van der Waals surface area contributed by atoms with Gasteiger partial charge in [-0.25, -0.2) is 0 Å². The quantitative estimate of drug-likeness (QED) is 0.730. The molecule has 1 aliphatic carbocycles. The van der Waals surface area contributed by atoms with E-state index in [4.69, 9.17) is 4.74 Å². The zero-order chi connectivity index (χ0) is 12.1. The van der Waals surface area contributed by atoms with Gasteiger partial charge in [-0.3, -0.25) is 4.79 Å². The summed E-state index contributed by atoms with van der Waals surface area (Å²) in [5.41, 5.74) is -0.174. The minimum atomic E-state index is -0.174. The van der Waals surface area contributed by atoms with Crippen molar-refractivity contribution in [2.24, 2.45) is 5.92 Å². The van der Waals surface area contributed by atoms with Crippen molar-refractivity contribution in [2.45, 2.75) is 44.6 Å². The second kappa shape index (κ2) is 5.83. The number of carbonyl (C=O) groups is 1. The summed E-state index contributed by atoms with van der Waals surface area (Å²) in [7, 11) is 0. The summed E-state index contributed by atoms with van der Waals surface area (Å²) in [5, 5.41) is 6.41. The Morgan fingerprint density at radius 2 is 2.35 bits per heavy atom. The molecule has 17 heavy (non-hydrogen) atoms. The van der Waals surface area contributed by atoms with Crippen molar-refractivity contribution in [1.29, 1.82) is 0 Å². The van der Waals surface area contributed by atoms with E-state index in [0.717, 1.165) is 32.5 Å². The molecule has 0 aromatic carbocycles. The van der Waals surface area contributed by atoms with Gasteiger partial charge in [0.25, 0.3) is 0 Å². The fourth-order valence-corrected chi connectivity index (χ4v) is 2.44. The third-order valence-corrected chi connectivity index (χ3v) is 3.62. The monoisotopic (exact) mass is 240 g/mol. The molecule has 4 nitrogen and oxygen atoms in total. The number of hydrogen-bond donors (Lipinski definition) is 2. The highest BCUT2D eigenvalue weighted by atomic mass is 16.5. The van der Waals surface area contributed by atoms with Crippen LogP contribution in [0.2, 0.25) is 0 Å². The number of hydrogen-bond acceptors (Lipinski definition) is 3. The molecule has 1 saturated carbocycles. The average molecular weight is 240 g/mol. The van der Waals surface area contributed by atoms with E-state index >= 15 is 0 Å². The van der Waals surface area contributed by atoms with Crippen molar-refractivity contribution in [3.63, 3.8) is 0 Å². The van der Waals surface area contributed by atoms with E-state index in [-0.39, 0.29) is 11.5 Å². The van der Waals surface area contributed by atoms with Gasteiger partial charge in [-0.15, -0.1) is 0 Å². The molecule has 98 valence electrons. The van der Waals surface area contributed by atoms with Gasteiger partial charge in [0.05, 0.1) is 12.2 Å². The molecule has 0 bridgehead atoms. The average Bonchev–Trinajstić information content (AvgIpc) is 3.12. The molecule has 0 aromatic heterocycles. The Morgan fingerprint density at radius 3 is 2.94 bits per heavy atom. The van der Waals surface area contributed by atoms with Gasteiger partial charge < -0.3 is 15.4 Å². The Bertz CT molecular complexity index is 253. The molecular weight excluding hydrogens is 216 g/mol. The molecular formula is C13H24N2O2. The molecule has 0 aromatic rings. The molecule has 0 radical (unpaired) electrons. The van der Waals surface area contributed by atoms with E-state index in [9.17, 15) is 4.79 Å². The van der Waals surface area contributed by atoms with Crippen LogP contribution in [0.25, 0.3) is 0 Å². The lowest BCUT2D eigenvalue weighted by molar-refractivity contribution is -0.124. The van der Waals surface area contributed by atoms with Gasteiger partial charge in [-0.1, -0.05) is 13.3 Å². The first-order chi connectivity index (χ1) is 8.24. The molecule has 2 N–H and O–H groups in total. The van der Waals surface area contributed by atoms with Crippen LogP contribution in [0.15, 0.2) is 0 Å². The Labute approximate surface area is 103 Å². The maximum absolute atomic E-state index is 11.7. The molecule has 0 spiro atoms. The fraction of sp³-hybridized carbons (Fsp3) is 0.923. The molecule has 1 aliphatic heterocycles. The van der Waals surface area contributed by atoms with Gasteiger partial charge in [0.15, 0.2) is 0 Å². The number of ether oxygens (including phenoxy) is 1. The second-order valence-electron chi connectivity index (χ2n) is 5.38. The van der Waals surface area contributed by atoms with Crippen LogP contribution in [0.1, 0.15) is 39.0 Å². The highest BCUT2D eigenvalue weighted by Crippen LogP contribution is 2.32. The van der Waals surface area contributed by atoms with E-state index in [0.29, 0.717) is 18.9 Å². The predicted molar refractivity (Wildman–Crippen MR) is 66.8 cm³/mol. The maximum atomic E-state index is 11.7. The Hall–Kier alpha value is -0.610. The van der Waals surface area contributed by atoms with E-state index in [1.54, 1.807) is 0 Å². The van der Waals surface area contributed by atoms with Crippen LogP contribution in [-0.4, -0.2) is 37.7 Å². The van der Waals surface area contributed by atoms with Crippen molar-refractivity contribution in [2.75, 3.05) is 26.2 Å². The van der Waals surface area contributed by atoms with E-state index in [2.05, 4.69) is 17.6 Å². The second-order valence-corrected chi connectivity index (χ2v) is 5.38. The Balaban J connectivity index is 1.77. The number of carbonyl (C=O) groups excluding carboxylic acids is 1. The summed E-state index contributed by atoms with van der Waals surface area (Å²) < 4.78 is 5.90. The molecule has 2 fully saturated rings. The van der Waals surface area contributed by atoms with Crippen molar-refractivity contribution in [3.05, 3.63) is 0 Å². The summed E-state index contributed by atoms with van der Waals surface area (Å²) in [6.45, 7) is 5.33. The highest BCUT2D eigenvalue weighted by molar-refractivity contribution is 5.76. The Morgan fingerprint density at radius 1 is 1.53 bits per heavy atom. The minimum absolute atomic E-state index is 0.174. The van der Waals surface area contributed by atoms with Gasteiger partial charge in [-0.05, 0) is 25.2 Å². The number of amides is 1. The molecule has 1 unspecified atom stereocenters. The highest BCUT2D eigenvalue weighted by Gasteiger charge is 2.33. The lowest BCUT2D eigenvalue weighted by atomic mass is 9.96. The largest absolute Gasteiger partial charge is 0.371 e. The lowest BCUT2D eigenvalue weighted by Gasteiger charge is -2.37. The lowest BCUT2D eigenvalue weighted by Crippen LogP contribution is -2.56. The molecule has 4 heteroatoms. The van der Waals surface area contributed by atoms with Crippen molar-refractivity contribution in [1.82, 2.24) is 10.6 Å². The topological polar surface area (TPSA) is 50.4 Å². The molecule has 1 atom stereocenters. The minimum Gasteiger partial charge on any atom is -0.371 e. The van der Waals surface area contributed by atoms with E-state index in [1.807, 2.05) is 0 Å². The number of rotatable bonds is 6. The zero-order valence-electron chi connectivity index (χ0n) is 10.8. The molecule has 1 heterocycles. The van der Waals surface area contributed by atoms with Crippen LogP contribution in [0.5, 0.6) is 0 Å². The van der Waals surface area contributed by atoms with Crippen LogP contribution in [0.4, 0.5) is 0 Å². The third-order valence-electron chi connectivity index (χ3n) is 3.62. The summed E-state index contributed by atoms with van der Waals surface area (Å²) >= 11 is 0. The maximum Gasteiger partial charge on any atom is 0.220 e. The van der Waals surface area contributed by atoms with Crippen molar-refractivity contribution in [3.8, 4) is 0 Å². The number of nitrogens with one attached hydrogen (secondary N) is 2. The zero-order valence-corrected chi connectivity index (χ0v) is 10.8. The summed E-state index contributed by atoms with van der Waals surface area (Å²) in [4.78, 5) is 11.7. The van der Waals surface area contributed by atoms with Crippen LogP contribution < -0.4 is 10.6 Å². The van der Waals surface area contributed by atoms with Gasteiger partial charge in [0.1, 0.15) is 0 Å². The summed E-state index contributed by atoms with van der Waals surface area (Å²) in [6, 6.07) is 0. The first-order valence-corrected chi connectivity index (χ1v) is 6.85. The smallest absolute Gasteiger partial charge is 0.220 e. The SMILES string of the molecule is CCCC1(CNC(=O)CC2CC2)CNCCO1. The molecule has 1 saturated heterocycles. The third kappa shape index (κ3) is 3.96. The van der Waals surface area contributed by atoms with Crippen LogP contribution >= 0.6 is 0 Å². The number of morpholine rings is 1. The first-order valence-electron chi connectivity index (χ1n) is 6.85. The van der Waals surface area contributed by atoms with E-state index in [1.165, 1.54) is 12.8 Å². The standard InChI is InChI=1S/C13H24N2O2/c1-2-5-13(9-14-6-7-17-13)10-15-12(16)8-11-3-4-11/h11,14H,2-10H2,1H3,(H,15,16). The van der Waals surface area contributed by atoms with Crippen LogP contribution in [0.3, 0.4) is 0 Å². The van der Waals surface area contributed by atoms with Crippen molar-refractivity contribution >= 4 is 5.91 Å². The summed E-state index contributed by atoms with van der Waals surface area (Å²) in [5.74, 6) is 0.847. The van der Waals surface area contributed by atoms with Gasteiger partial charge in [0, 0.05) is 26.1 Å². The first kappa shape index (κ1) is 12.8.